The van der Waals surface area contributed by atoms with Gasteiger partial charge in [0.25, 0.3) is 5.89 Å². The second-order valence-electron chi connectivity index (χ2n) is 2.89. The van der Waals surface area contributed by atoms with E-state index in [9.17, 15) is 4.79 Å². The van der Waals surface area contributed by atoms with E-state index in [4.69, 9.17) is 0 Å². The Morgan fingerprint density at radius 1 is 1.44 bits per heavy atom. The Labute approximate surface area is 105 Å². The van der Waals surface area contributed by atoms with Crippen molar-refractivity contribution in [2.75, 3.05) is 0 Å². The van der Waals surface area contributed by atoms with Gasteiger partial charge in [0.05, 0.1) is 5.75 Å². The van der Waals surface area contributed by atoms with Crippen LogP contribution in [0.15, 0.2) is 38.2 Å². The highest BCUT2D eigenvalue weighted by molar-refractivity contribution is 9.10. The van der Waals surface area contributed by atoms with Crippen molar-refractivity contribution in [3.8, 4) is 0 Å². The Bertz CT molecular complexity index is 501. The first-order valence-electron chi connectivity index (χ1n) is 4.44. The molecule has 0 spiro atoms. The van der Waals surface area contributed by atoms with Gasteiger partial charge in [-0.25, -0.2) is 0 Å². The number of carbonyl (C=O) groups excluding carboxylic acids is 1. The number of hydrogen-bond acceptors (Lipinski definition) is 5. The van der Waals surface area contributed by atoms with Crippen molar-refractivity contribution >= 4 is 34.0 Å². The number of benzene rings is 1. The van der Waals surface area contributed by atoms with Gasteiger partial charge in [-0.2, -0.15) is 4.98 Å². The van der Waals surface area contributed by atoms with Crippen LogP contribution in [0.5, 0.6) is 0 Å². The summed E-state index contributed by atoms with van der Waals surface area (Å²) in [5, 5.41) is 3.68. The van der Waals surface area contributed by atoms with Crippen LogP contribution in [0.1, 0.15) is 16.5 Å². The van der Waals surface area contributed by atoms with Crippen LogP contribution < -0.4 is 0 Å². The van der Waals surface area contributed by atoms with Crippen LogP contribution in [-0.4, -0.2) is 16.4 Å². The summed E-state index contributed by atoms with van der Waals surface area (Å²) in [5.74, 6) is 1.10. The van der Waals surface area contributed by atoms with Crippen molar-refractivity contribution < 1.29 is 9.32 Å². The van der Waals surface area contributed by atoms with E-state index >= 15 is 0 Å². The van der Waals surface area contributed by atoms with Crippen molar-refractivity contribution in [2.45, 2.75) is 10.6 Å². The quantitative estimate of drug-likeness (QED) is 0.642. The second kappa shape index (κ2) is 5.27. The third-order valence-corrected chi connectivity index (χ3v) is 3.80. The molecule has 0 N–H and O–H groups in total. The highest BCUT2D eigenvalue weighted by atomic mass is 79.9. The minimum absolute atomic E-state index is 0.0164. The average Bonchev–Trinajstić information content (AvgIpc) is 2.76. The molecule has 0 radical (unpaired) electrons. The van der Waals surface area contributed by atoms with E-state index < -0.39 is 0 Å². The summed E-state index contributed by atoms with van der Waals surface area (Å²) in [6, 6.07) is 7.87. The summed E-state index contributed by atoms with van der Waals surface area (Å²) >= 11 is 5.02. The molecule has 0 saturated carbocycles. The SMILES string of the molecule is O=Cc1nc(CSc2ccccc2Br)no1. The van der Waals surface area contributed by atoms with Gasteiger partial charge in [-0.1, -0.05) is 17.3 Å². The molecule has 1 aromatic carbocycles. The fraction of sp³-hybridized carbons (Fsp3) is 0.100. The molecule has 0 aliphatic heterocycles. The Hall–Kier alpha value is -1.14. The van der Waals surface area contributed by atoms with Crippen molar-refractivity contribution in [3.05, 3.63) is 40.5 Å². The molecule has 0 unspecified atom stereocenters. The number of hydrogen-bond donors (Lipinski definition) is 0. The van der Waals surface area contributed by atoms with Crippen LogP contribution in [0.3, 0.4) is 0 Å². The molecule has 1 heterocycles. The van der Waals surface area contributed by atoms with E-state index in [1.807, 2.05) is 24.3 Å². The predicted molar refractivity (Wildman–Crippen MR) is 63.4 cm³/mol. The minimum atomic E-state index is 0.0164. The van der Waals surface area contributed by atoms with E-state index in [-0.39, 0.29) is 5.89 Å². The zero-order valence-corrected chi connectivity index (χ0v) is 10.5. The Morgan fingerprint density at radius 3 is 2.94 bits per heavy atom. The molecule has 0 fully saturated rings. The molecule has 0 bridgehead atoms. The lowest BCUT2D eigenvalue weighted by atomic mass is 10.4. The molecule has 16 heavy (non-hydrogen) atoms. The second-order valence-corrected chi connectivity index (χ2v) is 4.76. The van der Waals surface area contributed by atoms with Crippen LogP contribution in [0.2, 0.25) is 0 Å². The van der Waals surface area contributed by atoms with Crippen molar-refractivity contribution in [1.82, 2.24) is 10.1 Å². The molecule has 6 heteroatoms. The maximum atomic E-state index is 10.3. The summed E-state index contributed by atoms with van der Waals surface area (Å²) in [6.07, 6.45) is 0.541. The number of aromatic nitrogens is 2. The molecule has 0 amide bonds. The highest BCUT2D eigenvalue weighted by Crippen LogP contribution is 2.28. The summed E-state index contributed by atoms with van der Waals surface area (Å²) in [6.45, 7) is 0. The topological polar surface area (TPSA) is 56.0 Å². The molecule has 4 nitrogen and oxygen atoms in total. The lowest BCUT2D eigenvalue weighted by Gasteiger charge is -2.00. The Morgan fingerprint density at radius 2 is 2.25 bits per heavy atom. The highest BCUT2D eigenvalue weighted by Gasteiger charge is 2.06. The molecule has 82 valence electrons. The summed E-state index contributed by atoms with van der Waals surface area (Å²) in [5.41, 5.74) is 0. The molecule has 0 aliphatic rings. The van der Waals surface area contributed by atoms with E-state index in [1.165, 1.54) is 0 Å². The summed E-state index contributed by atoms with van der Waals surface area (Å²) in [4.78, 5) is 15.3. The number of thioether (sulfide) groups is 1. The number of carbonyl (C=O) groups is 1. The van der Waals surface area contributed by atoms with Gasteiger partial charge >= 0.3 is 0 Å². The normalized spacial score (nSPS) is 10.3. The zero-order chi connectivity index (χ0) is 11.4. The van der Waals surface area contributed by atoms with E-state index in [0.29, 0.717) is 17.9 Å². The fourth-order valence-corrected chi connectivity index (χ4v) is 2.49. The molecular formula is C10H7BrN2O2S. The van der Waals surface area contributed by atoms with Gasteiger partial charge in [0.1, 0.15) is 0 Å². The molecule has 0 aliphatic carbocycles. The van der Waals surface area contributed by atoms with Crippen LogP contribution in [0.4, 0.5) is 0 Å². The lowest BCUT2D eigenvalue weighted by molar-refractivity contribution is 0.108. The van der Waals surface area contributed by atoms with Gasteiger partial charge in [0.2, 0.25) is 6.29 Å². The number of rotatable bonds is 4. The largest absolute Gasteiger partial charge is 0.331 e. The first-order valence-corrected chi connectivity index (χ1v) is 6.22. The molecule has 2 aromatic rings. The fourth-order valence-electron chi connectivity index (χ4n) is 1.08. The van der Waals surface area contributed by atoms with Gasteiger partial charge < -0.3 is 4.52 Å². The Balaban J connectivity index is 2.02. The van der Waals surface area contributed by atoms with Crippen LogP contribution in [0, 0.1) is 0 Å². The van der Waals surface area contributed by atoms with Crippen LogP contribution in [0.25, 0.3) is 0 Å². The molecule has 2 rings (SSSR count). The maximum Gasteiger partial charge on any atom is 0.290 e. The average molecular weight is 299 g/mol. The van der Waals surface area contributed by atoms with E-state index in [1.54, 1.807) is 11.8 Å². The van der Waals surface area contributed by atoms with Crippen molar-refractivity contribution in [2.24, 2.45) is 0 Å². The molecular weight excluding hydrogens is 292 g/mol. The van der Waals surface area contributed by atoms with Crippen molar-refractivity contribution in [3.63, 3.8) is 0 Å². The Kier molecular flexibility index (Phi) is 3.74. The smallest absolute Gasteiger partial charge is 0.290 e. The van der Waals surface area contributed by atoms with Crippen LogP contribution in [-0.2, 0) is 5.75 Å². The monoisotopic (exact) mass is 298 g/mol. The van der Waals surface area contributed by atoms with Gasteiger partial charge in [0, 0.05) is 9.37 Å². The number of halogens is 1. The minimum Gasteiger partial charge on any atom is -0.331 e. The maximum absolute atomic E-state index is 10.3. The lowest BCUT2D eigenvalue weighted by Crippen LogP contribution is -1.85. The van der Waals surface area contributed by atoms with Gasteiger partial charge in [-0.3, -0.25) is 4.79 Å². The molecule has 1 aromatic heterocycles. The van der Waals surface area contributed by atoms with Crippen molar-refractivity contribution in [1.29, 1.82) is 0 Å². The van der Waals surface area contributed by atoms with E-state index in [2.05, 4.69) is 30.6 Å². The first-order chi connectivity index (χ1) is 7.79. The zero-order valence-electron chi connectivity index (χ0n) is 8.09. The van der Waals surface area contributed by atoms with E-state index in [0.717, 1.165) is 9.37 Å². The standard InChI is InChI=1S/C10H7BrN2O2S/c11-7-3-1-2-4-8(7)16-6-9-12-10(5-14)15-13-9/h1-5H,6H2. The number of nitrogens with zero attached hydrogens (tertiary/aromatic N) is 2. The summed E-state index contributed by atoms with van der Waals surface area (Å²) < 4.78 is 5.71. The molecule has 0 saturated heterocycles. The summed E-state index contributed by atoms with van der Waals surface area (Å²) in [7, 11) is 0. The molecule has 0 atom stereocenters. The third kappa shape index (κ3) is 2.70. The predicted octanol–water partition coefficient (Wildman–Crippen LogP) is 2.94. The third-order valence-electron chi connectivity index (χ3n) is 1.78. The van der Waals surface area contributed by atoms with Gasteiger partial charge in [-0.15, -0.1) is 11.8 Å². The van der Waals surface area contributed by atoms with Gasteiger partial charge in [0.15, 0.2) is 5.82 Å². The van der Waals surface area contributed by atoms with Gasteiger partial charge in [-0.05, 0) is 28.1 Å². The van der Waals surface area contributed by atoms with Crippen LogP contribution >= 0.6 is 27.7 Å². The first kappa shape index (κ1) is 11.3. The number of aldehydes is 1.